The van der Waals surface area contributed by atoms with Gasteiger partial charge in [-0.1, -0.05) is 90.9 Å². The summed E-state index contributed by atoms with van der Waals surface area (Å²) in [5, 5.41) is 10.5. The normalized spacial score (nSPS) is 9.54. The van der Waals surface area contributed by atoms with Gasteiger partial charge < -0.3 is 16.2 Å². The standard InChI is InChI=1S/C16H33NO.C3H6O2.C2H7N/c1-2-3-4-5-6-7-8-9-10-11-12-13-14-15-16(17)18;1-2-3(4)5;1-3-2/h2-15H2,1H3,(H2,17,18);2H2,1H3,(H,4,5);3H,1-2H3. The number of unbranched alkanes of at least 4 members (excludes halogenated alkanes) is 12. The van der Waals surface area contributed by atoms with Crippen molar-refractivity contribution in [2.75, 3.05) is 14.1 Å². The molecule has 0 atom stereocenters. The van der Waals surface area contributed by atoms with E-state index < -0.39 is 5.97 Å². The summed E-state index contributed by atoms with van der Waals surface area (Å²) in [6.45, 7) is 3.87. The Hall–Kier alpha value is -1.10. The molecule has 0 saturated heterocycles. The van der Waals surface area contributed by atoms with Crippen molar-refractivity contribution in [3.05, 3.63) is 0 Å². The first-order valence-corrected chi connectivity index (χ1v) is 10.5. The molecule has 4 N–H and O–H groups in total. The molecule has 0 aromatic rings. The number of carboxylic acids is 1. The van der Waals surface area contributed by atoms with E-state index in [1.165, 1.54) is 77.0 Å². The van der Waals surface area contributed by atoms with Gasteiger partial charge in [-0.05, 0) is 20.5 Å². The summed E-state index contributed by atoms with van der Waals surface area (Å²) in [5.41, 5.74) is 5.09. The second-order valence-corrected chi connectivity index (χ2v) is 6.71. The fourth-order valence-corrected chi connectivity index (χ4v) is 2.32. The van der Waals surface area contributed by atoms with E-state index >= 15 is 0 Å². The largest absolute Gasteiger partial charge is 0.481 e. The van der Waals surface area contributed by atoms with Crippen LogP contribution in [0.25, 0.3) is 0 Å². The summed E-state index contributed by atoms with van der Waals surface area (Å²) in [6, 6.07) is 0. The van der Waals surface area contributed by atoms with Gasteiger partial charge in [0.15, 0.2) is 0 Å². The molecule has 0 radical (unpaired) electrons. The van der Waals surface area contributed by atoms with E-state index in [1.807, 2.05) is 14.1 Å². The molecule has 0 rings (SSSR count). The number of hydrogen-bond acceptors (Lipinski definition) is 3. The van der Waals surface area contributed by atoms with E-state index in [2.05, 4.69) is 12.2 Å². The SMILES string of the molecule is CCC(=O)O.CCCCCCCCCCCCCCCC(N)=O.CNC. The molecular weight excluding hydrogens is 328 g/mol. The van der Waals surface area contributed by atoms with Gasteiger partial charge in [-0.3, -0.25) is 9.59 Å². The molecule has 158 valence electrons. The highest BCUT2D eigenvalue weighted by molar-refractivity contribution is 5.73. The first-order chi connectivity index (χ1) is 12.5. The molecule has 0 heterocycles. The molecule has 0 aliphatic heterocycles. The number of primary amides is 1. The summed E-state index contributed by atoms with van der Waals surface area (Å²) in [4.78, 5) is 19.9. The Morgan fingerprint density at radius 2 is 1.00 bits per heavy atom. The number of amides is 1. The van der Waals surface area contributed by atoms with Crippen LogP contribution in [0.5, 0.6) is 0 Å². The number of nitrogens with two attached hydrogens (primary N) is 1. The quantitative estimate of drug-likeness (QED) is 0.340. The molecule has 1 amide bonds. The highest BCUT2D eigenvalue weighted by atomic mass is 16.4. The zero-order valence-corrected chi connectivity index (χ0v) is 17.9. The van der Waals surface area contributed by atoms with E-state index in [4.69, 9.17) is 10.8 Å². The van der Waals surface area contributed by atoms with E-state index in [9.17, 15) is 9.59 Å². The summed E-state index contributed by atoms with van der Waals surface area (Å²) in [5.74, 6) is -0.900. The third-order valence-corrected chi connectivity index (χ3v) is 3.83. The lowest BCUT2D eigenvalue weighted by atomic mass is 10.0. The highest BCUT2D eigenvalue weighted by Gasteiger charge is 1.95. The first-order valence-electron chi connectivity index (χ1n) is 10.5. The molecular formula is C21H46N2O3. The van der Waals surface area contributed by atoms with Gasteiger partial charge in [-0.25, -0.2) is 0 Å². The molecule has 0 aromatic carbocycles. The molecule has 26 heavy (non-hydrogen) atoms. The number of carbonyl (C=O) groups is 2. The maximum absolute atomic E-state index is 10.5. The smallest absolute Gasteiger partial charge is 0.303 e. The fraction of sp³-hybridized carbons (Fsp3) is 0.905. The van der Waals surface area contributed by atoms with Gasteiger partial charge in [0.1, 0.15) is 0 Å². The van der Waals surface area contributed by atoms with Crippen LogP contribution < -0.4 is 11.1 Å². The Kier molecular flexibility index (Phi) is 32.7. The minimum absolute atomic E-state index is 0.155. The van der Waals surface area contributed by atoms with Crippen LogP contribution in [0.3, 0.4) is 0 Å². The van der Waals surface area contributed by atoms with Crippen LogP contribution in [0, 0.1) is 0 Å². The molecule has 0 aromatic heterocycles. The van der Waals surface area contributed by atoms with Crippen molar-refractivity contribution in [2.24, 2.45) is 5.73 Å². The number of aliphatic carboxylic acids is 1. The van der Waals surface area contributed by atoms with E-state index in [-0.39, 0.29) is 12.3 Å². The number of carbonyl (C=O) groups excluding carboxylic acids is 1. The molecule has 0 saturated carbocycles. The maximum atomic E-state index is 10.5. The van der Waals surface area contributed by atoms with Crippen molar-refractivity contribution in [2.45, 2.75) is 110 Å². The van der Waals surface area contributed by atoms with Crippen LogP contribution in [0.2, 0.25) is 0 Å². The van der Waals surface area contributed by atoms with Crippen LogP contribution in [0.4, 0.5) is 0 Å². The number of hydrogen-bond donors (Lipinski definition) is 3. The summed E-state index contributed by atoms with van der Waals surface area (Å²) < 4.78 is 0. The van der Waals surface area contributed by atoms with Crippen LogP contribution >= 0.6 is 0 Å². The van der Waals surface area contributed by atoms with Crippen molar-refractivity contribution in [1.29, 1.82) is 0 Å². The van der Waals surface area contributed by atoms with Crippen molar-refractivity contribution in [1.82, 2.24) is 5.32 Å². The average molecular weight is 375 g/mol. The third kappa shape index (κ3) is 43.4. The molecule has 0 aliphatic rings. The third-order valence-electron chi connectivity index (χ3n) is 3.83. The first kappa shape index (κ1) is 29.7. The monoisotopic (exact) mass is 374 g/mol. The van der Waals surface area contributed by atoms with E-state index in [0.717, 1.165) is 6.42 Å². The van der Waals surface area contributed by atoms with Crippen LogP contribution in [0.15, 0.2) is 0 Å². The number of rotatable bonds is 15. The van der Waals surface area contributed by atoms with Gasteiger partial charge in [-0.2, -0.15) is 0 Å². The predicted octanol–water partition coefficient (Wildman–Crippen LogP) is 5.27. The fourth-order valence-electron chi connectivity index (χ4n) is 2.32. The Morgan fingerprint density at radius 3 is 1.23 bits per heavy atom. The Labute approximate surface area is 162 Å². The lowest BCUT2D eigenvalue weighted by molar-refractivity contribution is -0.136. The minimum Gasteiger partial charge on any atom is -0.481 e. The van der Waals surface area contributed by atoms with Crippen molar-refractivity contribution in [3.63, 3.8) is 0 Å². The van der Waals surface area contributed by atoms with Gasteiger partial charge in [0.2, 0.25) is 5.91 Å². The van der Waals surface area contributed by atoms with Crippen molar-refractivity contribution < 1.29 is 14.7 Å². The van der Waals surface area contributed by atoms with Gasteiger partial charge in [-0.15, -0.1) is 0 Å². The molecule has 0 spiro atoms. The number of carboxylic acid groups (broad SMARTS) is 1. The molecule has 5 heteroatoms. The minimum atomic E-state index is -0.745. The Balaban J connectivity index is -0.000000553. The molecule has 0 unspecified atom stereocenters. The van der Waals surface area contributed by atoms with Gasteiger partial charge >= 0.3 is 5.97 Å². The number of nitrogens with one attached hydrogen (secondary N) is 1. The average Bonchev–Trinajstić information content (AvgIpc) is 2.60. The Bertz CT molecular complexity index is 284. The lowest BCUT2D eigenvalue weighted by Crippen LogP contribution is -2.09. The van der Waals surface area contributed by atoms with Crippen molar-refractivity contribution >= 4 is 11.9 Å². The second-order valence-electron chi connectivity index (χ2n) is 6.71. The zero-order chi connectivity index (χ0) is 20.5. The van der Waals surface area contributed by atoms with Gasteiger partial charge in [0.25, 0.3) is 0 Å². The highest BCUT2D eigenvalue weighted by Crippen LogP contribution is 2.12. The summed E-state index contributed by atoms with van der Waals surface area (Å²) in [7, 11) is 3.75. The topological polar surface area (TPSA) is 92.4 Å². The van der Waals surface area contributed by atoms with Crippen molar-refractivity contribution in [3.8, 4) is 0 Å². The van der Waals surface area contributed by atoms with Crippen LogP contribution in [-0.2, 0) is 9.59 Å². The van der Waals surface area contributed by atoms with Crippen LogP contribution in [-0.4, -0.2) is 31.1 Å². The lowest BCUT2D eigenvalue weighted by Gasteiger charge is -2.02. The van der Waals surface area contributed by atoms with Crippen LogP contribution in [0.1, 0.15) is 110 Å². The summed E-state index contributed by atoms with van der Waals surface area (Å²) >= 11 is 0. The Morgan fingerprint density at radius 1 is 0.731 bits per heavy atom. The molecule has 0 fully saturated rings. The second kappa shape index (κ2) is 28.7. The zero-order valence-electron chi connectivity index (χ0n) is 17.9. The van der Waals surface area contributed by atoms with Gasteiger partial charge in [0, 0.05) is 12.8 Å². The summed E-state index contributed by atoms with van der Waals surface area (Å²) in [6.07, 6.45) is 18.2. The maximum Gasteiger partial charge on any atom is 0.303 e. The molecule has 0 aliphatic carbocycles. The van der Waals surface area contributed by atoms with Gasteiger partial charge in [0.05, 0.1) is 0 Å². The molecule has 0 bridgehead atoms. The predicted molar refractivity (Wildman–Crippen MR) is 112 cm³/mol. The van der Waals surface area contributed by atoms with E-state index in [1.54, 1.807) is 6.92 Å². The molecule has 5 nitrogen and oxygen atoms in total. The van der Waals surface area contributed by atoms with E-state index in [0.29, 0.717) is 6.42 Å².